The van der Waals surface area contributed by atoms with E-state index in [9.17, 15) is 4.79 Å². The van der Waals surface area contributed by atoms with Crippen LogP contribution in [0, 0.1) is 0 Å². The molecular formula is C25H27Cl2N5O2. The van der Waals surface area contributed by atoms with E-state index in [2.05, 4.69) is 27.2 Å². The Kier molecular flexibility index (Phi) is 7.88. The molecule has 1 fully saturated rings. The lowest BCUT2D eigenvalue weighted by Gasteiger charge is -2.29. The van der Waals surface area contributed by atoms with Gasteiger partial charge in [-0.05, 0) is 62.8 Å². The van der Waals surface area contributed by atoms with Crippen molar-refractivity contribution in [3.8, 4) is 17.1 Å². The van der Waals surface area contributed by atoms with Crippen molar-refractivity contribution in [3.63, 3.8) is 0 Å². The van der Waals surface area contributed by atoms with Gasteiger partial charge in [0.1, 0.15) is 0 Å². The molecule has 1 aliphatic heterocycles. The second-order valence-electron chi connectivity index (χ2n) is 8.38. The van der Waals surface area contributed by atoms with Crippen LogP contribution in [-0.4, -0.2) is 53.6 Å². The summed E-state index contributed by atoms with van der Waals surface area (Å²) in [5.74, 6) is 0.319. The molecule has 1 saturated heterocycles. The molecule has 2 heterocycles. The molecule has 0 aliphatic carbocycles. The molecule has 9 heteroatoms. The van der Waals surface area contributed by atoms with Gasteiger partial charge in [-0.2, -0.15) is 0 Å². The molecule has 0 bridgehead atoms. The third-order valence-electron chi connectivity index (χ3n) is 5.89. The van der Waals surface area contributed by atoms with E-state index in [0.29, 0.717) is 27.7 Å². The monoisotopic (exact) mass is 499 g/mol. The number of nitrogens with one attached hydrogen (secondary N) is 1. The quantitative estimate of drug-likeness (QED) is 0.497. The number of piperidine rings is 1. The molecule has 0 spiro atoms. The number of nitrogens with zero attached hydrogens (tertiary/aromatic N) is 3. The lowest BCUT2D eigenvalue weighted by molar-refractivity contribution is 0.0917. The van der Waals surface area contributed by atoms with Crippen LogP contribution in [0.25, 0.3) is 11.3 Å². The number of rotatable bonds is 7. The highest BCUT2D eigenvalue weighted by molar-refractivity contribution is 6.36. The van der Waals surface area contributed by atoms with E-state index in [0.717, 1.165) is 37.1 Å². The summed E-state index contributed by atoms with van der Waals surface area (Å²) in [6.07, 6.45) is 3.97. The van der Waals surface area contributed by atoms with Gasteiger partial charge in [-0.15, -0.1) is 0 Å². The maximum atomic E-state index is 12.8. The van der Waals surface area contributed by atoms with Crippen LogP contribution in [0.1, 0.15) is 28.8 Å². The fourth-order valence-electron chi connectivity index (χ4n) is 3.89. The Morgan fingerprint density at radius 3 is 2.62 bits per heavy atom. The molecule has 34 heavy (non-hydrogen) atoms. The first-order chi connectivity index (χ1) is 16.4. The molecule has 1 aliphatic rings. The first kappa shape index (κ1) is 24.3. The highest BCUT2D eigenvalue weighted by Crippen LogP contribution is 2.26. The standard InChI is InChI=1S/C25H27Cl2N5O2/c1-32-11-8-18(9-12-32)30-24(33)17-5-2-4-16(14-17)22-15-29-23(28)25(31-22)34-13-10-19-20(26)6-3-7-21(19)27/h2-7,14-15,18H,8-13H2,1H3,(H2,28,29)(H,30,33). The average Bonchev–Trinajstić information content (AvgIpc) is 2.83. The van der Waals surface area contributed by atoms with Crippen molar-refractivity contribution in [2.24, 2.45) is 0 Å². The number of nitrogen functional groups attached to an aromatic ring is 1. The van der Waals surface area contributed by atoms with Crippen molar-refractivity contribution in [3.05, 3.63) is 69.8 Å². The lowest BCUT2D eigenvalue weighted by Crippen LogP contribution is -2.43. The van der Waals surface area contributed by atoms with E-state index in [-0.39, 0.29) is 30.3 Å². The largest absolute Gasteiger partial charge is 0.475 e. The highest BCUT2D eigenvalue weighted by Gasteiger charge is 2.19. The second kappa shape index (κ2) is 11.0. The number of amides is 1. The van der Waals surface area contributed by atoms with Crippen molar-refractivity contribution in [1.82, 2.24) is 20.2 Å². The summed E-state index contributed by atoms with van der Waals surface area (Å²) in [7, 11) is 2.10. The zero-order valence-corrected chi connectivity index (χ0v) is 20.4. The third kappa shape index (κ3) is 5.97. The normalized spacial score (nSPS) is 14.7. The van der Waals surface area contributed by atoms with Gasteiger partial charge in [0.25, 0.3) is 11.8 Å². The molecule has 1 aromatic heterocycles. The van der Waals surface area contributed by atoms with Crippen molar-refractivity contribution >= 4 is 34.9 Å². The van der Waals surface area contributed by atoms with E-state index in [1.807, 2.05) is 12.1 Å². The summed E-state index contributed by atoms with van der Waals surface area (Å²) < 4.78 is 5.80. The summed E-state index contributed by atoms with van der Waals surface area (Å²) in [5.41, 5.74) is 8.67. The maximum Gasteiger partial charge on any atom is 0.257 e. The lowest BCUT2D eigenvalue weighted by atomic mass is 10.0. The number of hydrogen-bond acceptors (Lipinski definition) is 6. The van der Waals surface area contributed by atoms with Crippen LogP contribution >= 0.6 is 23.2 Å². The molecule has 178 valence electrons. The average molecular weight is 500 g/mol. The van der Waals surface area contributed by atoms with Gasteiger partial charge in [-0.25, -0.2) is 9.97 Å². The van der Waals surface area contributed by atoms with Crippen molar-refractivity contribution < 1.29 is 9.53 Å². The Balaban J connectivity index is 1.44. The minimum absolute atomic E-state index is 0.0899. The van der Waals surface area contributed by atoms with Crippen molar-refractivity contribution in [2.75, 3.05) is 32.5 Å². The van der Waals surface area contributed by atoms with Gasteiger partial charge < -0.3 is 20.7 Å². The predicted molar refractivity (Wildman–Crippen MR) is 136 cm³/mol. The number of carbonyl (C=O) groups excluding carboxylic acids is 1. The van der Waals surface area contributed by atoms with Crippen LogP contribution in [0.3, 0.4) is 0 Å². The summed E-state index contributed by atoms with van der Waals surface area (Å²) in [5, 5.41) is 4.30. The van der Waals surface area contributed by atoms with E-state index in [4.69, 9.17) is 33.7 Å². The molecule has 0 saturated carbocycles. The van der Waals surface area contributed by atoms with Crippen LogP contribution < -0.4 is 15.8 Å². The fourth-order valence-corrected chi connectivity index (χ4v) is 4.48. The molecule has 0 unspecified atom stereocenters. The number of carbonyl (C=O) groups is 1. The molecule has 2 aromatic carbocycles. The van der Waals surface area contributed by atoms with Crippen molar-refractivity contribution in [1.29, 1.82) is 0 Å². The first-order valence-corrected chi connectivity index (χ1v) is 11.9. The zero-order valence-electron chi connectivity index (χ0n) is 18.9. The second-order valence-corrected chi connectivity index (χ2v) is 9.19. The molecular weight excluding hydrogens is 473 g/mol. The number of benzene rings is 2. The number of anilines is 1. The Labute approximate surface area is 209 Å². The van der Waals surface area contributed by atoms with Gasteiger partial charge in [-0.3, -0.25) is 4.79 Å². The molecule has 3 N–H and O–H groups in total. The predicted octanol–water partition coefficient (Wildman–Crippen LogP) is 4.48. The number of halogens is 2. The number of nitrogens with two attached hydrogens (primary N) is 1. The molecule has 0 atom stereocenters. The Bertz CT molecular complexity index is 1150. The topological polar surface area (TPSA) is 93.4 Å². The van der Waals surface area contributed by atoms with Crippen LogP contribution in [0.4, 0.5) is 5.82 Å². The van der Waals surface area contributed by atoms with Crippen LogP contribution in [0.15, 0.2) is 48.7 Å². The van der Waals surface area contributed by atoms with Gasteiger partial charge >= 0.3 is 0 Å². The highest BCUT2D eigenvalue weighted by atomic mass is 35.5. The van der Waals surface area contributed by atoms with Gasteiger partial charge in [-0.1, -0.05) is 41.4 Å². The van der Waals surface area contributed by atoms with Gasteiger partial charge in [0.15, 0.2) is 5.82 Å². The number of aromatic nitrogens is 2. The van der Waals surface area contributed by atoms with E-state index >= 15 is 0 Å². The SMILES string of the molecule is CN1CCC(NC(=O)c2cccc(-c3cnc(N)c(OCCc4c(Cl)cccc4Cl)n3)c2)CC1. The summed E-state index contributed by atoms with van der Waals surface area (Å²) in [6, 6.07) is 12.9. The van der Waals surface area contributed by atoms with Gasteiger partial charge in [0.05, 0.1) is 18.5 Å². The minimum atomic E-state index is -0.0899. The van der Waals surface area contributed by atoms with E-state index < -0.39 is 0 Å². The third-order valence-corrected chi connectivity index (χ3v) is 6.60. The fraction of sp³-hybridized carbons (Fsp3) is 0.320. The molecule has 7 nitrogen and oxygen atoms in total. The number of hydrogen-bond donors (Lipinski definition) is 2. The smallest absolute Gasteiger partial charge is 0.257 e. The van der Waals surface area contributed by atoms with Crippen LogP contribution in [-0.2, 0) is 6.42 Å². The summed E-state index contributed by atoms with van der Waals surface area (Å²) in [6.45, 7) is 2.25. The number of likely N-dealkylation sites (tertiary alicyclic amines) is 1. The first-order valence-electron chi connectivity index (χ1n) is 11.2. The Hall–Kier alpha value is -2.87. The van der Waals surface area contributed by atoms with E-state index in [1.54, 1.807) is 36.5 Å². The number of ether oxygens (including phenoxy) is 1. The molecule has 3 aromatic rings. The molecule has 0 radical (unpaired) electrons. The van der Waals surface area contributed by atoms with Crippen molar-refractivity contribution in [2.45, 2.75) is 25.3 Å². The molecule has 4 rings (SSSR count). The Morgan fingerprint density at radius 2 is 1.88 bits per heavy atom. The van der Waals surface area contributed by atoms with Crippen LogP contribution in [0.5, 0.6) is 5.88 Å². The molecule has 1 amide bonds. The zero-order chi connectivity index (χ0) is 24.1. The Morgan fingerprint density at radius 1 is 1.18 bits per heavy atom. The maximum absolute atomic E-state index is 12.8. The van der Waals surface area contributed by atoms with Gasteiger partial charge in [0, 0.05) is 33.6 Å². The van der Waals surface area contributed by atoms with Gasteiger partial charge in [0.2, 0.25) is 0 Å². The van der Waals surface area contributed by atoms with E-state index in [1.165, 1.54) is 0 Å². The summed E-state index contributed by atoms with van der Waals surface area (Å²) in [4.78, 5) is 23.8. The minimum Gasteiger partial charge on any atom is -0.475 e. The summed E-state index contributed by atoms with van der Waals surface area (Å²) >= 11 is 12.5. The van der Waals surface area contributed by atoms with Crippen LogP contribution in [0.2, 0.25) is 10.0 Å².